The van der Waals surface area contributed by atoms with Crippen LogP contribution >= 0.6 is 0 Å². The molecule has 1 atom stereocenters. The van der Waals surface area contributed by atoms with E-state index in [2.05, 4.69) is 25.9 Å². The summed E-state index contributed by atoms with van der Waals surface area (Å²) >= 11 is 0. The second-order valence-electron chi connectivity index (χ2n) is 4.42. The first kappa shape index (κ1) is 11.4. The monoisotopic (exact) mass is 244 g/mol. The van der Waals surface area contributed by atoms with Gasteiger partial charge in [0.1, 0.15) is 12.4 Å². The molecule has 0 amide bonds. The van der Waals surface area contributed by atoms with Crippen molar-refractivity contribution in [2.45, 2.75) is 25.8 Å². The molecule has 0 aliphatic carbocycles. The molecule has 1 aliphatic heterocycles. The molecule has 1 aliphatic rings. The Morgan fingerprint density at radius 1 is 1.44 bits per heavy atom. The third kappa shape index (κ3) is 2.57. The molecule has 5 heteroatoms. The highest BCUT2D eigenvalue weighted by Gasteiger charge is 2.18. The average Bonchev–Trinajstić information content (AvgIpc) is 2.87. The molecule has 0 fully saturated rings. The number of fused-ring (bicyclic) bond motifs is 1. The maximum absolute atomic E-state index is 5.74. The van der Waals surface area contributed by atoms with Gasteiger partial charge in [-0.15, -0.1) is 0 Å². The number of ether oxygens (including phenoxy) is 1. The molecule has 0 radical (unpaired) electrons. The van der Waals surface area contributed by atoms with E-state index in [-0.39, 0.29) is 6.10 Å². The quantitative estimate of drug-likeness (QED) is 0.870. The van der Waals surface area contributed by atoms with Gasteiger partial charge in [0.25, 0.3) is 0 Å². The van der Waals surface area contributed by atoms with Crippen LogP contribution in [0.2, 0.25) is 0 Å². The Balaban J connectivity index is 1.48. The minimum Gasteiger partial charge on any atom is -0.367 e. The van der Waals surface area contributed by atoms with Crippen molar-refractivity contribution >= 4 is 0 Å². The zero-order chi connectivity index (χ0) is 12.2. The predicted molar refractivity (Wildman–Crippen MR) is 66.7 cm³/mol. The van der Waals surface area contributed by atoms with Gasteiger partial charge >= 0.3 is 0 Å². The standard InChI is InChI=1S/C13H16N4O/c1-2-11(6-14-3-1)7-15-8-12-9-17-5-4-16-13(17)10-18-12/h1-6,12,15H,7-10H2. The van der Waals surface area contributed by atoms with Gasteiger partial charge in [-0.3, -0.25) is 4.98 Å². The normalized spacial score (nSPS) is 18.6. The molecule has 0 saturated carbocycles. The van der Waals surface area contributed by atoms with Crippen LogP contribution in [0.3, 0.4) is 0 Å². The van der Waals surface area contributed by atoms with Crippen molar-refractivity contribution in [3.8, 4) is 0 Å². The summed E-state index contributed by atoms with van der Waals surface area (Å²) in [5.74, 6) is 1.01. The van der Waals surface area contributed by atoms with Crippen LogP contribution in [-0.2, 0) is 24.4 Å². The van der Waals surface area contributed by atoms with Gasteiger partial charge in [0, 0.05) is 37.9 Å². The van der Waals surface area contributed by atoms with Crippen LogP contribution in [0.4, 0.5) is 0 Å². The average molecular weight is 244 g/mol. The van der Waals surface area contributed by atoms with Crippen LogP contribution in [0.15, 0.2) is 36.9 Å². The van der Waals surface area contributed by atoms with E-state index in [9.17, 15) is 0 Å². The fourth-order valence-electron chi connectivity index (χ4n) is 2.11. The minimum atomic E-state index is 0.211. The fraction of sp³-hybridized carbons (Fsp3) is 0.385. The van der Waals surface area contributed by atoms with Crippen LogP contribution in [-0.4, -0.2) is 27.2 Å². The third-order valence-corrected chi connectivity index (χ3v) is 3.07. The summed E-state index contributed by atoms with van der Waals surface area (Å²) in [6.07, 6.45) is 7.70. The zero-order valence-corrected chi connectivity index (χ0v) is 10.1. The Morgan fingerprint density at radius 2 is 2.44 bits per heavy atom. The predicted octanol–water partition coefficient (Wildman–Crippen LogP) is 0.967. The summed E-state index contributed by atoms with van der Waals surface area (Å²) < 4.78 is 7.89. The van der Waals surface area contributed by atoms with Gasteiger partial charge in [-0.2, -0.15) is 0 Å². The highest BCUT2D eigenvalue weighted by molar-refractivity contribution is 5.07. The van der Waals surface area contributed by atoms with Gasteiger partial charge in [-0.05, 0) is 11.6 Å². The SMILES string of the molecule is c1cncc(CNCC2Cn3ccnc3CO2)c1. The third-order valence-electron chi connectivity index (χ3n) is 3.07. The van der Waals surface area contributed by atoms with Gasteiger partial charge in [0.2, 0.25) is 0 Å². The Morgan fingerprint density at radius 3 is 3.33 bits per heavy atom. The summed E-state index contributed by atoms with van der Waals surface area (Å²) in [5.41, 5.74) is 1.19. The molecule has 3 heterocycles. The van der Waals surface area contributed by atoms with E-state index in [0.717, 1.165) is 25.5 Å². The molecule has 0 bridgehead atoms. The second-order valence-corrected chi connectivity index (χ2v) is 4.42. The van der Waals surface area contributed by atoms with Gasteiger partial charge in [0.15, 0.2) is 0 Å². The first-order chi connectivity index (χ1) is 8.92. The maximum Gasteiger partial charge on any atom is 0.134 e. The maximum atomic E-state index is 5.74. The first-order valence-corrected chi connectivity index (χ1v) is 6.13. The summed E-state index contributed by atoms with van der Waals surface area (Å²) in [5, 5.41) is 3.40. The van der Waals surface area contributed by atoms with Crippen LogP contribution in [0.1, 0.15) is 11.4 Å². The van der Waals surface area contributed by atoms with Crippen molar-refractivity contribution in [2.24, 2.45) is 0 Å². The van der Waals surface area contributed by atoms with Crippen molar-refractivity contribution < 1.29 is 4.74 Å². The molecule has 18 heavy (non-hydrogen) atoms. The first-order valence-electron chi connectivity index (χ1n) is 6.13. The molecule has 1 unspecified atom stereocenters. The van der Waals surface area contributed by atoms with Gasteiger partial charge < -0.3 is 14.6 Å². The van der Waals surface area contributed by atoms with E-state index in [1.54, 1.807) is 6.20 Å². The molecule has 5 nitrogen and oxygen atoms in total. The molecular weight excluding hydrogens is 228 g/mol. The van der Waals surface area contributed by atoms with E-state index in [1.807, 2.05) is 24.7 Å². The smallest absolute Gasteiger partial charge is 0.134 e. The molecule has 0 aromatic carbocycles. The number of aromatic nitrogens is 3. The Kier molecular flexibility index (Phi) is 3.34. The van der Waals surface area contributed by atoms with Gasteiger partial charge in [-0.1, -0.05) is 6.07 Å². The van der Waals surface area contributed by atoms with E-state index in [4.69, 9.17) is 4.74 Å². The second kappa shape index (κ2) is 5.29. The minimum absolute atomic E-state index is 0.211. The van der Waals surface area contributed by atoms with Gasteiger partial charge in [-0.25, -0.2) is 4.98 Å². The van der Waals surface area contributed by atoms with Crippen molar-refractivity contribution in [1.82, 2.24) is 19.9 Å². The summed E-state index contributed by atoms with van der Waals surface area (Å²) in [7, 11) is 0. The van der Waals surface area contributed by atoms with E-state index < -0.39 is 0 Å². The summed E-state index contributed by atoms with van der Waals surface area (Å²) in [6.45, 7) is 3.14. The van der Waals surface area contributed by atoms with Crippen molar-refractivity contribution in [3.05, 3.63) is 48.3 Å². The lowest BCUT2D eigenvalue weighted by molar-refractivity contribution is 0.00277. The van der Waals surface area contributed by atoms with Crippen LogP contribution in [0, 0.1) is 0 Å². The summed E-state index contributed by atoms with van der Waals surface area (Å²) in [6, 6.07) is 4.02. The number of hydrogen-bond acceptors (Lipinski definition) is 4. The molecule has 0 spiro atoms. The molecular formula is C13H16N4O. The molecule has 1 N–H and O–H groups in total. The molecule has 3 rings (SSSR count). The lowest BCUT2D eigenvalue weighted by Gasteiger charge is -2.24. The van der Waals surface area contributed by atoms with Crippen molar-refractivity contribution in [2.75, 3.05) is 6.54 Å². The molecule has 2 aromatic rings. The number of pyridine rings is 1. The Bertz CT molecular complexity index is 497. The Labute approximate surface area is 106 Å². The zero-order valence-electron chi connectivity index (χ0n) is 10.1. The van der Waals surface area contributed by atoms with E-state index >= 15 is 0 Å². The lowest BCUT2D eigenvalue weighted by atomic mass is 10.2. The van der Waals surface area contributed by atoms with Crippen molar-refractivity contribution in [3.63, 3.8) is 0 Å². The molecule has 0 saturated heterocycles. The van der Waals surface area contributed by atoms with Crippen LogP contribution in [0.5, 0.6) is 0 Å². The molecule has 2 aromatic heterocycles. The van der Waals surface area contributed by atoms with Crippen molar-refractivity contribution in [1.29, 1.82) is 0 Å². The number of nitrogens with zero attached hydrogens (tertiary/aromatic N) is 3. The number of hydrogen-bond donors (Lipinski definition) is 1. The highest BCUT2D eigenvalue weighted by atomic mass is 16.5. The largest absolute Gasteiger partial charge is 0.367 e. The number of rotatable bonds is 4. The summed E-state index contributed by atoms with van der Waals surface area (Å²) in [4.78, 5) is 8.32. The number of imidazole rings is 1. The van der Waals surface area contributed by atoms with Crippen LogP contribution in [0.25, 0.3) is 0 Å². The Hall–Kier alpha value is -1.72. The highest BCUT2D eigenvalue weighted by Crippen LogP contribution is 2.11. The topological polar surface area (TPSA) is 52.0 Å². The van der Waals surface area contributed by atoms with Crippen LogP contribution < -0.4 is 5.32 Å². The van der Waals surface area contributed by atoms with Gasteiger partial charge in [0.05, 0.1) is 12.6 Å². The lowest BCUT2D eigenvalue weighted by Crippen LogP contribution is -2.35. The number of nitrogens with one attached hydrogen (secondary N) is 1. The van der Waals surface area contributed by atoms with E-state index in [1.165, 1.54) is 5.56 Å². The van der Waals surface area contributed by atoms with E-state index in [0.29, 0.717) is 6.61 Å². The molecule has 94 valence electrons. The fourth-order valence-corrected chi connectivity index (χ4v) is 2.11.